The Kier molecular flexibility index (Phi) is 3.37. The first-order chi connectivity index (χ1) is 12.7. The van der Waals surface area contributed by atoms with Crippen LogP contribution in [0.15, 0.2) is 36.4 Å². The van der Waals surface area contributed by atoms with Crippen LogP contribution in [0, 0.1) is 0 Å². The molecule has 3 heterocycles. The topological polar surface area (TPSA) is 68.2 Å². The van der Waals surface area contributed by atoms with Crippen LogP contribution in [0.4, 0.5) is 0 Å². The van der Waals surface area contributed by atoms with Crippen molar-refractivity contribution in [3.05, 3.63) is 53.1 Å². The molecule has 3 aliphatic rings. The maximum absolute atomic E-state index is 12.6. The predicted molar refractivity (Wildman–Crippen MR) is 92.2 cm³/mol. The molecule has 0 aromatic heterocycles. The van der Waals surface area contributed by atoms with Gasteiger partial charge < -0.3 is 24.2 Å². The van der Waals surface area contributed by atoms with Gasteiger partial charge in [0.05, 0.1) is 25.3 Å². The first kappa shape index (κ1) is 15.5. The van der Waals surface area contributed by atoms with Crippen LogP contribution in [0.3, 0.4) is 0 Å². The van der Waals surface area contributed by atoms with E-state index >= 15 is 0 Å². The lowest BCUT2D eigenvalue weighted by atomic mass is 9.83. The van der Waals surface area contributed by atoms with E-state index in [1.54, 1.807) is 7.11 Å². The van der Waals surface area contributed by atoms with Crippen LogP contribution in [-0.4, -0.2) is 35.9 Å². The first-order valence-corrected chi connectivity index (χ1v) is 8.74. The van der Waals surface area contributed by atoms with Crippen LogP contribution in [0.5, 0.6) is 17.2 Å². The van der Waals surface area contributed by atoms with Crippen molar-refractivity contribution < 1.29 is 24.1 Å². The molecule has 1 saturated heterocycles. The smallest absolute Gasteiger partial charge is 0.231 e. The summed E-state index contributed by atoms with van der Waals surface area (Å²) in [5, 5.41) is 10.9. The monoisotopic (exact) mass is 353 g/mol. The number of carbonyl (C=O) groups is 1. The number of carbonyl (C=O) groups excluding carboxylic acids is 1. The number of rotatable bonds is 2. The fourth-order valence-corrected chi connectivity index (χ4v) is 4.34. The lowest BCUT2D eigenvalue weighted by Gasteiger charge is -2.42. The summed E-state index contributed by atoms with van der Waals surface area (Å²) < 4.78 is 16.3. The summed E-state index contributed by atoms with van der Waals surface area (Å²) in [5.41, 5.74) is 2.69. The van der Waals surface area contributed by atoms with Crippen LogP contribution < -0.4 is 14.2 Å². The second kappa shape index (κ2) is 5.64. The maximum Gasteiger partial charge on any atom is 0.231 e. The normalized spacial score (nSPS) is 25.8. The Bertz CT molecular complexity index is 896. The average Bonchev–Trinajstić information content (AvgIpc) is 3.28. The lowest BCUT2D eigenvalue weighted by molar-refractivity contribution is -0.133. The van der Waals surface area contributed by atoms with Crippen molar-refractivity contribution in [3.8, 4) is 17.2 Å². The van der Waals surface area contributed by atoms with Gasteiger partial charge in [-0.1, -0.05) is 12.1 Å². The molecule has 2 aromatic rings. The van der Waals surface area contributed by atoms with Crippen LogP contribution in [0.25, 0.3) is 0 Å². The molecule has 3 atom stereocenters. The lowest BCUT2D eigenvalue weighted by Crippen LogP contribution is -2.44. The van der Waals surface area contributed by atoms with E-state index in [0.29, 0.717) is 30.1 Å². The van der Waals surface area contributed by atoms with Crippen LogP contribution in [0.2, 0.25) is 0 Å². The zero-order valence-corrected chi connectivity index (χ0v) is 14.3. The summed E-state index contributed by atoms with van der Waals surface area (Å²) in [6.07, 6.45) is 0.391. The first-order valence-electron chi connectivity index (χ1n) is 8.74. The fraction of sp³-hybridized carbons (Fsp3) is 0.350. The Morgan fingerprint density at radius 3 is 2.81 bits per heavy atom. The largest absolute Gasteiger partial charge is 0.497 e. The average molecular weight is 353 g/mol. The molecule has 3 aliphatic heterocycles. The highest BCUT2D eigenvalue weighted by atomic mass is 16.7. The van der Waals surface area contributed by atoms with Gasteiger partial charge in [0.25, 0.3) is 0 Å². The molecule has 0 unspecified atom stereocenters. The molecule has 0 saturated carbocycles. The number of amides is 1. The van der Waals surface area contributed by atoms with E-state index < -0.39 is 6.10 Å². The molecule has 0 radical (unpaired) electrons. The molecule has 1 amide bonds. The zero-order valence-electron chi connectivity index (χ0n) is 14.3. The van der Waals surface area contributed by atoms with Gasteiger partial charge in [-0.25, -0.2) is 0 Å². The summed E-state index contributed by atoms with van der Waals surface area (Å²) in [5.74, 6) is 2.17. The van der Waals surface area contributed by atoms with E-state index in [2.05, 4.69) is 0 Å². The van der Waals surface area contributed by atoms with Gasteiger partial charge in [-0.2, -0.15) is 0 Å². The number of hydrogen-bond donors (Lipinski definition) is 1. The highest BCUT2D eigenvalue weighted by molar-refractivity contribution is 5.81. The van der Waals surface area contributed by atoms with Gasteiger partial charge in [-0.3, -0.25) is 4.79 Å². The molecule has 0 bridgehead atoms. The summed E-state index contributed by atoms with van der Waals surface area (Å²) in [4.78, 5) is 14.5. The fourth-order valence-electron chi connectivity index (χ4n) is 4.34. The molecule has 0 aliphatic carbocycles. The quantitative estimate of drug-likeness (QED) is 0.899. The molecule has 26 heavy (non-hydrogen) atoms. The van der Waals surface area contributed by atoms with Crippen LogP contribution in [0.1, 0.15) is 41.7 Å². The number of benzene rings is 2. The maximum atomic E-state index is 12.6. The SMILES string of the molecule is COc1ccc2c(c1)[C@H](O)[C@H]1CCC(=O)N1[C@@H]2c1ccc2c(c1)OCO2. The Morgan fingerprint density at radius 1 is 1.12 bits per heavy atom. The number of ether oxygens (including phenoxy) is 3. The van der Waals surface area contributed by atoms with Crippen molar-refractivity contribution in [3.63, 3.8) is 0 Å². The molecular formula is C20H19NO5. The standard InChI is InChI=1S/C20H19NO5/c1-24-12-3-4-13-14(9-12)20(23)15-5-7-18(22)21(15)19(13)11-2-6-16-17(8-11)26-10-25-16/h2-4,6,8-9,15,19-20,23H,5,7,10H2,1H3/t15-,19-,20+/m1/s1. The molecule has 6 nitrogen and oxygen atoms in total. The Morgan fingerprint density at radius 2 is 1.96 bits per heavy atom. The van der Waals surface area contributed by atoms with E-state index in [4.69, 9.17) is 14.2 Å². The zero-order chi connectivity index (χ0) is 17.8. The number of fused-ring (bicyclic) bond motifs is 3. The molecular weight excluding hydrogens is 334 g/mol. The van der Waals surface area contributed by atoms with Gasteiger partial charge in [-0.15, -0.1) is 0 Å². The van der Waals surface area contributed by atoms with E-state index in [1.165, 1.54) is 0 Å². The molecule has 0 spiro atoms. The summed E-state index contributed by atoms with van der Waals surface area (Å²) >= 11 is 0. The summed E-state index contributed by atoms with van der Waals surface area (Å²) in [6, 6.07) is 11.0. The van der Waals surface area contributed by atoms with Gasteiger partial charge in [0.1, 0.15) is 5.75 Å². The van der Waals surface area contributed by atoms with Crippen molar-refractivity contribution in [1.29, 1.82) is 0 Å². The minimum Gasteiger partial charge on any atom is -0.497 e. The number of aliphatic hydroxyl groups is 1. The second-order valence-electron chi connectivity index (χ2n) is 6.86. The number of methoxy groups -OCH3 is 1. The second-order valence-corrected chi connectivity index (χ2v) is 6.86. The molecule has 6 heteroatoms. The summed E-state index contributed by atoms with van der Waals surface area (Å²) in [7, 11) is 1.61. The minimum absolute atomic E-state index is 0.0678. The number of nitrogens with zero attached hydrogens (tertiary/aromatic N) is 1. The van der Waals surface area contributed by atoms with Gasteiger partial charge >= 0.3 is 0 Å². The van der Waals surface area contributed by atoms with E-state index in [1.807, 2.05) is 41.3 Å². The Hall–Kier alpha value is -2.73. The third-order valence-electron chi connectivity index (χ3n) is 5.56. The Balaban J connectivity index is 1.69. The van der Waals surface area contributed by atoms with Crippen LogP contribution in [-0.2, 0) is 4.79 Å². The summed E-state index contributed by atoms with van der Waals surface area (Å²) in [6.45, 7) is 0.210. The van der Waals surface area contributed by atoms with E-state index in [-0.39, 0.29) is 24.8 Å². The van der Waals surface area contributed by atoms with Gasteiger partial charge in [0, 0.05) is 6.42 Å². The highest BCUT2D eigenvalue weighted by Gasteiger charge is 2.47. The van der Waals surface area contributed by atoms with E-state index in [9.17, 15) is 9.90 Å². The van der Waals surface area contributed by atoms with E-state index in [0.717, 1.165) is 16.7 Å². The van der Waals surface area contributed by atoms with Crippen molar-refractivity contribution in [2.45, 2.75) is 31.0 Å². The molecule has 1 N–H and O–H groups in total. The third-order valence-corrected chi connectivity index (χ3v) is 5.56. The number of hydrogen-bond acceptors (Lipinski definition) is 5. The van der Waals surface area contributed by atoms with Crippen molar-refractivity contribution in [1.82, 2.24) is 4.90 Å². The van der Waals surface area contributed by atoms with Gasteiger partial charge in [-0.05, 0) is 47.4 Å². The Labute approximate surface area is 150 Å². The highest BCUT2D eigenvalue weighted by Crippen LogP contribution is 2.48. The van der Waals surface area contributed by atoms with Gasteiger partial charge in [0.2, 0.25) is 12.7 Å². The minimum atomic E-state index is -0.711. The molecule has 5 rings (SSSR count). The van der Waals surface area contributed by atoms with Crippen LogP contribution >= 0.6 is 0 Å². The number of aliphatic hydroxyl groups excluding tert-OH is 1. The van der Waals surface area contributed by atoms with Crippen molar-refractivity contribution in [2.24, 2.45) is 0 Å². The van der Waals surface area contributed by atoms with Gasteiger partial charge in [0.15, 0.2) is 11.5 Å². The van der Waals surface area contributed by atoms with Crippen molar-refractivity contribution >= 4 is 5.91 Å². The molecule has 1 fully saturated rings. The molecule has 134 valence electrons. The third kappa shape index (κ3) is 2.12. The van der Waals surface area contributed by atoms with Crippen molar-refractivity contribution in [2.75, 3.05) is 13.9 Å². The predicted octanol–water partition coefficient (Wildman–Crippen LogP) is 2.55. The molecule has 2 aromatic carbocycles.